The van der Waals surface area contributed by atoms with Gasteiger partial charge in [0.15, 0.2) is 0 Å². The monoisotopic (exact) mass is 446 g/mol. The molecule has 2 heterocycles. The van der Waals surface area contributed by atoms with Crippen LogP contribution in [-0.2, 0) is 11.0 Å². The number of nitrogens with one attached hydrogen (secondary N) is 3. The Morgan fingerprint density at radius 3 is 2.62 bits per heavy atom. The van der Waals surface area contributed by atoms with Gasteiger partial charge in [0.1, 0.15) is 5.82 Å². The summed E-state index contributed by atoms with van der Waals surface area (Å²) in [6.45, 7) is 2.21. The minimum atomic E-state index is -4.52. The summed E-state index contributed by atoms with van der Waals surface area (Å²) >= 11 is 7.02. The average molecular weight is 447 g/mol. The molecule has 0 unspecified atom stereocenters. The van der Waals surface area contributed by atoms with Crippen molar-refractivity contribution in [3.05, 3.63) is 39.4 Å². The van der Waals surface area contributed by atoms with Crippen LogP contribution in [0.4, 0.5) is 24.0 Å². The molecule has 0 radical (unpaired) electrons. The zero-order valence-corrected chi connectivity index (χ0v) is 16.9. The van der Waals surface area contributed by atoms with Crippen LogP contribution in [0, 0.1) is 12.8 Å². The van der Waals surface area contributed by atoms with Gasteiger partial charge in [0.2, 0.25) is 5.91 Å². The van der Waals surface area contributed by atoms with Gasteiger partial charge in [-0.3, -0.25) is 9.59 Å². The summed E-state index contributed by atoms with van der Waals surface area (Å²) < 4.78 is 37.8. The van der Waals surface area contributed by atoms with Gasteiger partial charge in [-0.1, -0.05) is 11.6 Å². The summed E-state index contributed by atoms with van der Waals surface area (Å²) in [7, 11) is 0. The van der Waals surface area contributed by atoms with Crippen molar-refractivity contribution in [3.8, 4) is 0 Å². The fourth-order valence-electron chi connectivity index (χ4n) is 2.50. The third-order valence-electron chi connectivity index (χ3n) is 4.19. The third-order valence-corrected chi connectivity index (χ3v) is 5.63. The summed E-state index contributed by atoms with van der Waals surface area (Å²) in [4.78, 5) is 28.3. The Balaban J connectivity index is 1.49. The summed E-state index contributed by atoms with van der Waals surface area (Å²) in [5.41, 5.74) is -0.182. The lowest BCUT2D eigenvalue weighted by Crippen LogP contribution is -2.28. The number of thiophene rings is 1. The van der Waals surface area contributed by atoms with E-state index in [1.807, 2.05) is 0 Å². The number of hydrogen-bond donors (Lipinski definition) is 3. The first-order chi connectivity index (χ1) is 13.6. The standard InChI is InChI=1S/C18H18ClF3N4O2S/c1-9-6-13(26-16(27)10-2-3-10)29-14(9)17(28)24-5-4-23-15-12(19)7-11(8-25-15)18(20,21)22/h6-8,10H,2-5H2,1H3,(H,23,25)(H,24,28)(H,26,27). The van der Waals surface area contributed by atoms with Gasteiger partial charge in [-0.05, 0) is 37.5 Å². The fraction of sp³-hybridized carbons (Fsp3) is 0.389. The molecule has 0 atom stereocenters. The van der Waals surface area contributed by atoms with E-state index in [0.717, 1.165) is 24.5 Å². The quantitative estimate of drug-likeness (QED) is 0.553. The number of rotatable bonds is 7. The summed E-state index contributed by atoms with van der Waals surface area (Å²) in [6, 6.07) is 2.55. The molecule has 156 valence electrons. The van der Waals surface area contributed by atoms with Crippen LogP contribution < -0.4 is 16.0 Å². The van der Waals surface area contributed by atoms with Crippen molar-refractivity contribution in [1.29, 1.82) is 0 Å². The van der Waals surface area contributed by atoms with Gasteiger partial charge >= 0.3 is 6.18 Å². The van der Waals surface area contributed by atoms with Gasteiger partial charge < -0.3 is 16.0 Å². The SMILES string of the molecule is Cc1cc(NC(=O)C2CC2)sc1C(=O)NCCNc1ncc(C(F)(F)F)cc1Cl. The van der Waals surface area contributed by atoms with E-state index in [0.29, 0.717) is 16.1 Å². The molecule has 2 aromatic rings. The molecule has 11 heteroatoms. The van der Waals surface area contributed by atoms with Crippen LogP contribution in [0.15, 0.2) is 18.3 Å². The predicted octanol–water partition coefficient (Wildman–Crippen LogP) is 4.31. The van der Waals surface area contributed by atoms with Gasteiger partial charge in [0, 0.05) is 25.2 Å². The topological polar surface area (TPSA) is 83.1 Å². The van der Waals surface area contributed by atoms with Gasteiger partial charge in [0.05, 0.1) is 20.5 Å². The maximum atomic E-state index is 12.6. The zero-order valence-electron chi connectivity index (χ0n) is 15.3. The van der Waals surface area contributed by atoms with Crippen LogP contribution in [0.3, 0.4) is 0 Å². The molecule has 0 aliphatic heterocycles. The molecule has 1 aliphatic carbocycles. The van der Waals surface area contributed by atoms with E-state index >= 15 is 0 Å². The Hall–Kier alpha value is -2.33. The molecule has 3 N–H and O–H groups in total. The molecule has 1 fully saturated rings. The van der Waals surface area contributed by atoms with Crippen molar-refractivity contribution < 1.29 is 22.8 Å². The zero-order chi connectivity index (χ0) is 21.2. The van der Waals surface area contributed by atoms with E-state index in [-0.39, 0.29) is 41.7 Å². The number of halogens is 4. The smallest absolute Gasteiger partial charge is 0.367 e. The highest BCUT2D eigenvalue weighted by atomic mass is 35.5. The van der Waals surface area contributed by atoms with Crippen molar-refractivity contribution in [2.45, 2.75) is 25.9 Å². The minimum Gasteiger partial charge on any atom is -0.367 e. The van der Waals surface area contributed by atoms with E-state index in [1.165, 1.54) is 11.3 Å². The predicted molar refractivity (Wildman–Crippen MR) is 105 cm³/mol. The number of hydrogen-bond acceptors (Lipinski definition) is 5. The van der Waals surface area contributed by atoms with Crippen molar-refractivity contribution in [1.82, 2.24) is 10.3 Å². The lowest BCUT2D eigenvalue weighted by Gasteiger charge is -2.11. The maximum Gasteiger partial charge on any atom is 0.417 e. The van der Waals surface area contributed by atoms with Crippen LogP contribution in [0.25, 0.3) is 0 Å². The minimum absolute atomic E-state index is 0.0247. The first-order valence-electron chi connectivity index (χ1n) is 8.81. The highest BCUT2D eigenvalue weighted by molar-refractivity contribution is 7.18. The van der Waals surface area contributed by atoms with E-state index in [2.05, 4.69) is 20.9 Å². The lowest BCUT2D eigenvalue weighted by molar-refractivity contribution is -0.137. The lowest BCUT2D eigenvalue weighted by atomic mass is 10.2. The van der Waals surface area contributed by atoms with Crippen LogP contribution >= 0.6 is 22.9 Å². The molecule has 6 nitrogen and oxygen atoms in total. The molecule has 0 spiro atoms. The largest absolute Gasteiger partial charge is 0.417 e. The number of pyridine rings is 1. The van der Waals surface area contributed by atoms with Crippen LogP contribution in [-0.4, -0.2) is 29.9 Å². The van der Waals surface area contributed by atoms with Crippen molar-refractivity contribution in [2.75, 3.05) is 23.7 Å². The van der Waals surface area contributed by atoms with E-state index in [1.54, 1.807) is 13.0 Å². The number of amides is 2. The number of anilines is 2. The molecule has 2 aromatic heterocycles. The molecule has 29 heavy (non-hydrogen) atoms. The van der Waals surface area contributed by atoms with Crippen molar-refractivity contribution in [3.63, 3.8) is 0 Å². The highest BCUT2D eigenvalue weighted by Gasteiger charge is 2.32. The second-order valence-electron chi connectivity index (χ2n) is 6.62. The second-order valence-corrected chi connectivity index (χ2v) is 8.08. The Labute approximate surface area is 173 Å². The summed E-state index contributed by atoms with van der Waals surface area (Å²) in [5, 5.41) is 8.78. The van der Waals surface area contributed by atoms with Crippen LogP contribution in [0.5, 0.6) is 0 Å². The molecule has 1 saturated carbocycles. The van der Waals surface area contributed by atoms with Crippen LogP contribution in [0.2, 0.25) is 5.02 Å². The molecule has 2 amide bonds. The Morgan fingerprint density at radius 1 is 1.28 bits per heavy atom. The average Bonchev–Trinajstić information content (AvgIpc) is 3.42. The molecule has 0 aromatic carbocycles. The Bertz CT molecular complexity index is 928. The molecule has 0 bridgehead atoms. The summed E-state index contributed by atoms with van der Waals surface area (Å²) in [6.07, 6.45) is -2.03. The number of carbonyl (C=O) groups is 2. The number of aryl methyl sites for hydroxylation is 1. The fourth-order valence-corrected chi connectivity index (χ4v) is 3.72. The highest BCUT2D eigenvalue weighted by Crippen LogP contribution is 2.33. The van der Waals surface area contributed by atoms with Gasteiger partial charge in [0.25, 0.3) is 5.91 Å². The Morgan fingerprint density at radius 2 is 2.00 bits per heavy atom. The van der Waals surface area contributed by atoms with Crippen LogP contribution in [0.1, 0.15) is 33.6 Å². The normalized spacial score (nSPS) is 13.8. The van der Waals surface area contributed by atoms with E-state index in [4.69, 9.17) is 11.6 Å². The molecule has 3 rings (SSSR count). The molecule has 1 aliphatic rings. The van der Waals surface area contributed by atoms with Crippen molar-refractivity contribution in [2.24, 2.45) is 5.92 Å². The first kappa shape index (κ1) is 21.4. The second kappa shape index (κ2) is 8.58. The third kappa shape index (κ3) is 5.60. The van der Waals surface area contributed by atoms with E-state index < -0.39 is 11.7 Å². The van der Waals surface area contributed by atoms with Gasteiger partial charge in [-0.15, -0.1) is 11.3 Å². The number of nitrogens with zero attached hydrogens (tertiary/aromatic N) is 1. The van der Waals surface area contributed by atoms with Crippen molar-refractivity contribution >= 4 is 45.6 Å². The van der Waals surface area contributed by atoms with Gasteiger partial charge in [-0.2, -0.15) is 13.2 Å². The summed E-state index contributed by atoms with van der Waals surface area (Å²) in [5.74, 6) is -0.145. The van der Waals surface area contributed by atoms with Gasteiger partial charge in [-0.25, -0.2) is 4.98 Å². The number of carbonyl (C=O) groups excluding carboxylic acids is 2. The Kier molecular flexibility index (Phi) is 6.33. The molecular formula is C18H18ClF3N4O2S. The number of alkyl halides is 3. The number of aromatic nitrogens is 1. The molecular weight excluding hydrogens is 429 g/mol. The maximum absolute atomic E-state index is 12.6. The van der Waals surface area contributed by atoms with E-state index in [9.17, 15) is 22.8 Å². The molecule has 0 saturated heterocycles. The first-order valence-corrected chi connectivity index (χ1v) is 10.0.